The molecule has 1 aliphatic carbocycles. The number of amides is 1. The summed E-state index contributed by atoms with van der Waals surface area (Å²) in [5, 5.41) is 1.53. The van der Waals surface area contributed by atoms with Crippen LogP contribution < -0.4 is 0 Å². The zero-order valence-corrected chi connectivity index (χ0v) is 17.4. The Kier molecular flexibility index (Phi) is 4.70. The van der Waals surface area contributed by atoms with Gasteiger partial charge in [0.1, 0.15) is 0 Å². The molecular weight excluding hydrogens is 429 g/mol. The molecule has 27 heavy (non-hydrogen) atoms. The summed E-state index contributed by atoms with van der Waals surface area (Å²) in [7, 11) is -1.77. The summed E-state index contributed by atoms with van der Waals surface area (Å²) in [6.07, 6.45) is 0.696. The zero-order valence-electron chi connectivity index (χ0n) is 14.3. The summed E-state index contributed by atoms with van der Waals surface area (Å²) >= 11 is 18.2. The van der Waals surface area contributed by atoms with Crippen molar-refractivity contribution < 1.29 is 13.2 Å². The number of benzene rings is 2. The highest BCUT2D eigenvalue weighted by Crippen LogP contribution is 2.50. The highest BCUT2D eigenvalue weighted by atomic mass is 35.5. The molecule has 4 rings (SSSR count). The molecule has 1 heterocycles. The minimum atomic E-state index is -3.42. The smallest absolute Gasteiger partial charge is 0.226 e. The van der Waals surface area contributed by atoms with Crippen molar-refractivity contribution in [2.45, 2.75) is 23.3 Å². The van der Waals surface area contributed by atoms with Crippen LogP contribution in [0, 0.1) is 5.92 Å². The van der Waals surface area contributed by atoms with Gasteiger partial charge < -0.3 is 4.90 Å². The van der Waals surface area contributed by atoms with E-state index in [9.17, 15) is 13.2 Å². The third kappa shape index (κ3) is 3.46. The van der Waals surface area contributed by atoms with Crippen molar-refractivity contribution in [1.82, 2.24) is 4.90 Å². The Morgan fingerprint density at radius 1 is 1.04 bits per heavy atom. The fourth-order valence-corrected chi connectivity index (χ4v) is 6.36. The van der Waals surface area contributed by atoms with E-state index in [1.807, 2.05) is 12.1 Å². The maximum atomic E-state index is 13.0. The number of sulfone groups is 1. The van der Waals surface area contributed by atoms with Crippen molar-refractivity contribution in [3.63, 3.8) is 0 Å². The Morgan fingerprint density at radius 3 is 2.37 bits per heavy atom. The monoisotopic (exact) mass is 443 g/mol. The van der Waals surface area contributed by atoms with Gasteiger partial charge in [-0.3, -0.25) is 4.79 Å². The summed E-state index contributed by atoms with van der Waals surface area (Å²) in [5.41, 5.74) is 1.52. The lowest BCUT2D eigenvalue weighted by Gasteiger charge is -2.25. The molecule has 0 radical (unpaired) electrons. The molecule has 0 N–H and O–H groups in total. The first-order valence-electron chi connectivity index (χ1n) is 8.42. The molecule has 1 aliphatic heterocycles. The molecule has 1 fully saturated rings. The fraction of sp³-hybridized carbons (Fsp3) is 0.316. The number of carbonyl (C=O) groups excluding carboxylic acids is 1. The van der Waals surface area contributed by atoms with Crippen LogP contribution in [0.15, 0.2) is 41.3 Å². The predicted octanol–water partition coefficient (Wildman–Crippen LogP) is 4.74. The zero-order chi connectivity index (χ0) is 19.5. The van der Waals surface area contributed by atoms with E-state index in [-0.39, 0.29) is 28.4 Å². The van der Waals surface area contributed by atoms with Gasteiger partial charge in [0.05, 0.1) is 16.7 Å². The number of nitrogens with zero attached hydrogens (tertiary/aromatic N) is 1. The van der Waals surface area contributed by atoms with E-state index in [1.165, 1.54) is 11.0 Å². The van der Waals surface area contributed by atoms with Gasteiger partial charge in [-0.15, -0.1) is 0 Å². The molecule has 3 unspecified atom stereocenters. The van der Waals surface area contributed by atoms with E-state index in [4.69, 9.17) is 34.8 Å². The van der Waals surface area contributed by atoms with Crippen molar-refractivity contribution in [1.29, 1.82) is 0 Å². The van der Waals surface area contributed by atoms with Crippen molar-refractivity contribution in [2.75, 3.05) is 12.8 Å². The Morgan fingerprint density at radius 2 is 1.70 bits per heavy atom. The maximum absolute atomic E-state index is 13.0. The van der Waals surface area contributed by atoms with Gasteiger partial charge in [-0.2, -0.15) is 0 Å². The predicted molar refractivity (Wildman–Crippen MR) is 106 cm³/mol. The quantitative estimate of drug-likeness (QED) is 0.687. The van der Waals surface area contributed by atoms with Crippen LogP contribution in [0.4, 0.5) is 0 Å². The average molecular weight is 445 g/mol. The van der Waals surface area contributed by atoms with E-state index >= 15 is 0 Å². The Labute approximate surface area is 172 Å². The van der Waals surface area contributed by atoms with Crippen molar-refractivity contribution in [3.8, 4) is 0 Å². The summed E-state index contributed by atoms with van der Waals surface area (Å²) in [4.78, 5) is 14.8. The van der Waals surface area contributed by atoms with E-state index in [1.54, 1.807) is 25.2 Å². The molecule has 4 nitrogen and oxygen atoms in total. The van der Waals surface area contributed by atoms with Crippen LogP contribution in [0.25, 0.3) is 0 Å². The van der Waals surface area contributed by atoms with Gasteiger partial charge in [0.15, 0.2) is 9.84 Å². The van der Waals surface area contributed by atoms with Crippen molar-refractivity contribution in [3.05, 3.63) is 62.6 Å². The summed E-state index contributed by atoms with van der Waals surface area (Å²) in [6.45, 7) is 0. The maximum Gasteiger partial charge on any atom is 0.226 e. The number of hydrogen-bond donors (Lipinski definition) is 0. The number of fused-ring (bicyclic) bond motifs is 1. The molecule has 0 saturated heterocycles. The van der Waals surface area contributed by atoms with Crippen LogP contribution in [-0.2, 0) is 14.6 Å². The minimum absolute atomic E-state index is 0.0491. The average Bonchev–Trinajstić information content (AvgIpc) is 3.33. The van der Waals surface area contributed by atoms with Crippen LogP contribution in [0.3, 0.4) is 0 Å². The second-order valence-corrected chi connectivity index (χ2v) is 10.4. The minimum Gasteiger partial charge on any atom is -0.337 e. The fourth-order valence-electron chi connectivity index (χ4n) is 3.81. The topological polar surface area (TPSA) is 54.5 Å². The second kappa shape index (κ2) is 6.66. The lowest BCUT2D eigenvalue weighted by Crippen LogP contribution is -2.33. The lowest BCUT2D eigenvalue weighted by molar-refractivity contribution is -0.133. The van der Waals surface area contributed by atoms with Crippen LogP contribution in [-0.4, -0.2) is 32.0 Å². The first-order chi connectivity index (χ1) is 12.7. The van der Waals surface area contributed by atoms with Crippen LogP contribution in [0.5, 0.6) is 0 Å². The molecule has 0 bridgehead atoms. The molecule has 2 aliphatic rings. The highest BCUT2D eigenvalue weighted by molar-refractivity contribution is 7.91. The van der Waals surface area contributed by atoms with Gasteiger partial charge in [-0.1, -0.05) is 34.8 Å². The van der Waals surface area contributed by atoms with Gasteiger partial charge in [0.25, 0.3) is 0 Å². The molecular formula is C19H16Cl3NO3S. The normalized spacial score (nSPS) is 25.1. The molecule has 142 valence electrons. The van der Waals surface area contributed by atoms with Gasteiger partial charge in [-0.25, -0.2) is 8.42 Å². The third-order valence-corrected chi connectivity index (χ3v) is 7.75. The molecule has 3 atom stereocenters. The third-order valence-electron chi connectivity index (χ3n) is 5.28. The number of rotatable bonds is 3. The number of carbonyl (C=O) groups is 1. The van der Waals surface area contributed by atoms with Gasteiger partial charge >= 0.3 is 0 Å². The number of hydrogen-bond acceptors (Lipinski definition) is 3. The van der Waals surface area contributed by atoms with Crippen LogP contribution in [0.1, 0.15) is 29.5 Å². The molecule has 0 spiro atoms. The lowest BCUT2D eigenvalue weighted by atomic mass is 10.1. The van der Waals surface area contributed by atoms with E-state index in [2.05, 4.69) is 0 Å². The van der Waals surface area contributed by atoms with E-state index in [0.29, 0.717) is 27.1 Å². The number of halogens is 3. The van der Waals surface area contributed by atoms with Gasteiger partial charge in [-0.05, 0) is 59.9 Å². The summed E-state index contributed by atoms with van der Waals surface area (Å²) in [5.74, 6) is -0.349. The standard InChI is InChI=1S/C19H16Cl3NO3S/c1-23(17-9-27(25,26)18-3-2-11(20)7-16(17)18)19(24)15-8-14(15)10-4-12(21)6-13(22)5-10/h2-7,14-15,17H,8-9H2,1H3. The molecule has 8 heteroatoms. The van der Waals surface area contributed by atoms with Gasteiger partial charge in [0.2, 0.25) is 5.91 Å². The largest absolute Gasteiger partial charge is 0.337 e. The second-order valence-electron chi connectivity index (χ2n) is 7.08. The van der Waals surface area contributed by atoms with Gasteiger partial charge in [0, 0.05) is 28.0 Å². The molecule has 2 aromatic rings. The molecule has 2 aromatic carbocycles. The Balaban J connectivity index is 1.57. The summed E-state index contributed by atoms with van der Waals surface area (Å²) in [6, 6.07) is 9.47. The van der Waals surface area contributed by atoms with Crippen molar-refractivity contribution >= 4 is 50.5 Å². The first kappa shape index (κ1) is 19.1. The van der Waals surface area contributed by atoms with E-state index < -0.39 is 15.9 Å². The van der Waals surface area contributed by atoms with Crippen LogP contribution in [0.2, 0.25) is 15.1 Å². The van der Waals surface area contributed by atoms with Crippen molar-refractivity contribution in [2.24, 2.45) is 5.92 Å². The molecule has 0 aromatic heterocycles. The highest BCUT2D eigenvalue weighted by Gasteiger charge is 2.48. The first-order valence-corrected chi connectivity index (χ1v) is 11.2. The Bertz CT molecular complexity index is 1030. The van der Waals surface area contributed by atoms with E-state index in [0.717, 1.165) is 5.56 Å². The summed E-state index contributed by atoms with van der Waals surface area (Å²) < 4.78 is 24.9. The Hall–Kier alpha value is -1.27. The SMILES string of the molecule is CN(C(=O)C1CC1c1cc(Cl)cc(Cl)c1)C1CS(=O)(=O)c2ccc(Cl)cc21. The molecule has 1 saturated carbocycles. The molecule has 1 amide bonds. The van der Waals surface area contributed by atoms with Crippen LogP contribution >= 0.6 is 34.8 Å².